The standard InChI is InChI=1S/C20H19F2N/c1-2-12-6-8-13(9-7-12)19-16-5-3-4-15(16)17-10-14(21)11-18(22)20(17)23-19/h3-4,6-11,15-16,19,23H,2,5H2,1H3/t15-,16-,19-/m0/s1. The van der Waals surface area contributed by atoms with E-state index in [0.717, 1.165) is 30.0 Å². The molecule has 0 aromatic heterocycles. The third-order valence-electron chi connectivity index (χ3n) is 5.13. The highest BCUT2D eigenvalue weighted by atomic mass is 19.1. The summed E-state index contributed by atoms with van der Waals surface area (Å²) in [5.41, 5.74) is 3.64. The van der Waals surface area contributed by atoms with Crippen molar-refractivity contribution in [3.8, 4) is 0 Å². The molecule has 1 aliphatic carbocycles. The van der Waals surface area contributed by atoms with Gasteiger partial charge in [-0.25, -0.2) is 8.78 Å². The van der Waals surface area contributed by atoms with E-state index in [1.54, 1.807) is 0 Å². The first-order valence-corrected chi connectivity index (χ1v) is 8.18. The van der Waals surface area contributed by atoms with Crippen LogP contribution in [-0.2, 0) is 6.42 Å². The summed E-state index contributed by atoms with van der Waals surface area (Å²) in [4.78, 5) is 0. The van der Waals surface area contributed by atoms with E-state index in [1.165, 1.54) is 11.6 Å². The van der Waals surface area contributed by atoms with Crippen LogP contribution < -0.4 is 5.32 Å². The Kier molecular flexibility index (Phi) is 3.44. The van der Waals surface area contributed by atoms with Crippen molar-refractivity contribution < 1.29 is 8.78 Å². The van der Waals surface area contributed by atoms with Crippen LogP contribution in [0.15, 0.2) is 48.6 Å². The van der Waals surface area contributed by atoms with Crippen LogP contribution in [0.2, 0.25) is 0 Å². The van der Waals surface area contributed by atoms with E-state index in [-0.39, 0.29) is 12.0 Å². The SMILES string of the molecule is CCc1ccc([C@@H]2Nc3c(F)cc(F)cc3[C@H]3C=CC[C@@H]32)cc1. The van der Waals surface area contributed by atoms with E-state index in [4.69, 9.17) is 0 Å². The second kappa shape index (κ2) is 5.48. The van der Waals surface area contributed by atoms with E-state index < -0.39 is 11.6 Å². The number of benzene rings is 2. The largest absolute Gasteiger partial charge is 0.375 e. The summed E-state index contributed by atoms with van der Waals surface area (Å²) in [6.07, 6.45) is 6.15. The fraction of sp³-hybridized carbons (Fsp3) is 0.300. The molecule has 0 radical (unpaired) electrons. The highest BCUT2D eigenvalue weighted by Crippen LogP contribution is 2.50. The van der Waals surface area contributed by atoms with Crippen molar-refractivity contribution >= 4 is 5.69 Å². The molecule has 2 aromatic carbocycles. The van der Waals surface area contributed by atoms with Crippen LogP contribution in [0, 0.1) is 17.6 Å². The van der Waals surface area contributed by atoms with Crippen LogP contribution in [0.25, 0.3) is 0 Å². The summed E-state index contributed by atoms with van der Waals surface area (Å²) in [7, 11) is 0. The molecule has 0 fully saturated rings. The average molecular weight is 311 g/mol. The molecule has 3 atom stereocenters. The summed E-state index contributed by atoms with van der Waals surface area (Å²) in [6.45, 7) is 2.13. The Bertz CT molecular complexity index is 764. The lowest BCUT2D eigenvalue weighted by Gasteiger charge is -2.37. The maximum Gasteiger partial charge on any atom is 0.149 e. The molecular weight excluding hydrogens is 292 g/mol. The number of anilines is 1. The Hall–Kier alpha value is -2.16. The third-order valence-corrected chi connectivity index (χ3v) is 5.13. The van der Waals surface area contributed by atoms with Crippen molar-refractivity contribution in [1.82, 2.24) is 0 Å². The van der Waals surface area contributed by atoms with E-state index in [0.29, 0.717) is 11.6 Å². The molecule has 0 saturated carbocycles. The molecule has 1 N–H and O–H groups in total. The monoisotopic (exact) mass is 311 g/mol. The van der Waals surface area contributed by atoms with Crippen molar-refractivity contribution in [1.29, 1.82) is 0 Å². The smallest absolute Gasteiger partial charge is 0.149 e. The summed E-state index contributed by atoms with van der Waals surface area (Å²) in [5.74, 6) is -0.634. The number of halogens is 2. The van der Waals surface area contributed by atoms with Gasteiger partial charge in [0.2, 0.25) is 0 Å². The predicted octanol–water partition coefficient (Wildman–Crippen LogP) is 5.35. The highest BCUT2D eigenvalue weighted by Gasteiger charge is 2.39. The van der Waals surface area contributed by atoms with Gasteiger partial charge in [-0.05, 0) is 41.5 Å². The number of nitrogens with one attached hydrogen (secondary N) is 1. The lowest BCUT2D eigenvalue weighted by Crippen LogP contribution is -2.29. The first-order valence-electron chi connectivity index (χ1n) is 8.18. The molecule has 1 nitrogen and oxygen atoms in total. The van der Waals surface area contributed by atoms with E-state index in [9.17, 15) is 8.78 Å². The predicted molar refractivity (Wildman–Crippen MR) is 88.5 cm³/mol. The molecule has 2 aliphatic rings. The van der Waals surface area contributed by atoms with Gasteiger partial charge in [0.05, 0.1) is 11.7 Å². The van der Waals surface area contributed by atoms with Gasteiger partial charge in [-0.2, -0.15) is 0 Å². The molecule has 0 saturated heterocycles. The van der Waals surface area contributed by atoms with Crippen LogP contribution in [0.3, 0.4) is 0 Å². The molecule has 1 aliphatic heterocycles. The molecule has 118 valence electrons. The van der Waals surface area contributed by atoms with Gasteiger partial charge in [0.15, 0.2) is 0 Å². The molecular formula is C20H19F2N. The molecule has 2 aromatic rings. The van der Waals surface area contributed by atoms with Gasteiger partial charge in [0.1, 0.15) is 11.6 Å². The van der Waals surface area contributed by atoms with Gasteiger partial charge >= 0.3 is 0 Å². The second-order valence-electron chi connectivity index (χ2n) is 6.42. The highest BCUT2D eigenvalue weighted by molar-refractivity contribution is 5.60. The van der Waals surface area contributed by atoms with Gasteiger partial charge in [0, 0.05) is 12.0 Å². The zero-order chi connectivity index (χ0) is 16.0. The molecule has 1 heterocycles. The maximum atomic E-state index is 14.3. The lowest BCUT2D eigenvalue weighted by atomic mass is 9.77. The molecule has 0 bridgehead atoms. The molecule has 4 rings (SSSR count). The summed E-state index contributed by atoms with van der Waals surface area (Å²) in [5, 5.41) is 3.34. The Balaban J connectivity index is 1.78. The van der Waals surface area contributed by atoms with E-state index in [2.05, 4.69) is 48.7 Å². The maximum absolute atomic E-state index is 14.3. The van der Waals surface area contributed by atoms with Crippen LogP contribution in [0.1, 0.15) is 42.0 Å². The number of fused-ring (bicyclic) bond motifs is 3. The van der Waals surface area contributed by atoms with Gasteiger partial charge in [-0.3, -0.25) is 0 Å². The molecule has 0 spiro atoms. The van der Waals surface area contributed by atoms with Gasteiger partial charge in [-0.15, -0.1) is 0 Å². The fourth-order valence-corrected chi connectivity index (χ4v) is 3.91. The minimum atomic E-state index is -0.507. The van der Waals surface area contributed by atoms with Crippen LogP contribution in [0.5, 0.6) is 0 Å². The third kappa shape index (κ3) is 2.35. The molecule has 0 unspecified atom stereocenters. The minimum Gasteiger partial charge on any atom is -0.375 e. The van der Waals surface area contributed by atoms with Crippen LogP contribution in [0.4, 0.5) is 14.5 Å². The quantitative estimate of drug-likeness (QED) is 0.737. The normalized spacial score (nSPS) is 24.9. The topological polar surface area (TPSA) is 12.0 Å². The summed E-state index contributed by atoms with van der Waals surface area (Å²) < 4.78 is 27.9. The first kappa shape index (κ1) is 14.4. The van der Waals surface area contributed by atoms with E-state index in [1.807, 2.05) is 0 Å². The number of rotatable bonds is 2. The van der Waals surface area contributed by atoms with E-state index >= 15 is 0 Å². The summed E-state index contributed by atoms with van der Waals surface area (Å²) in [6, 6.07) is 11.0. The summed E-state index contributed by atoms with van der Waals surface area (Å²) >= 11 is 0. The lowest BCUT2D eigenvalue weighted by molar-refractivity contribution is 0.418. The average Bonchev–Trinajstić information content (AvgIpc) is 3.04. The number of allylic oxidation sites excluding steroid dienone is 2. The van der Waals surface area contributed by atoms with Crippen molar-refractivity contribution in [2.45, 2.75) is 31.7 Å². The van der Waals surface area contributed by atoms with Gasteiger partial charge in [-0.1, -0.05) is 43.3 Å². The Morgan fingerprint density at radius 3 is 2.65 bits per heavy atom. The number of aryl methyl sites for hydroxylation is 1. The van der Waals surface area contributed by atoms with Crippen molar-refractivity contribution in [2.24, 2.45) is 5.92 Å². The minimum absolute atomic E-state index is 0.0494. The van der Waals surface area contributed by atoms with Crippen LogP contribution in [-0.4, -0.2) is 0 Å². The zero-order valence-electron chi connectivity index (χ0n) is 13.0. The Labute approximate surface area is 135 Å². The Morgan fingerprint density at radius 1 is 1.13 bits per heavy atom. The molecule has 23 heavy (non-hydrogen) atoms. The van der Waals surface area contributed by atoms with Gasteiger partial charge < -0.3 is 5.32 Å². The number of hydrogen-bond donors (Lipinski definition) is 1. The number of hydrogen-bond acceptors (Lipinski definition) is 1. The van der Waals surface area contributed by atoms with Crippen molar-refractivity contribution in [2.75, 3.05) is 5.32 Å². The molecule has 3 heteroatoms. The zero-order valence-corrected chi connectivity index (χ0v) is 13.0. The fourth-order valence-electron chi connectivity index (χ4n) is 3.91. The van der Waals surface area contributed by atoms with Crippen LogP contribution >= 0.6 is 0 Å². The van der Waals surface area contributed by atoms with Crippen molar-refractivity contribution in [3.05, 3.63) is 76.9 Å². The van der Waals surface area contributed by atoms with Gasteiger partial charge in [0.25, 0.3) is 0 Å². The first-order chi connectivity index (χ1) is 11.2. The van der Waals surface area contributed by atoms with Crippen molar-refractivity contribution in [3.63, 3.8) is 0 Å². The second-order valence-corrected chi connectivity index (χ2v) is 6.42. The Morgan fingerprint density at radius 2 is 1.91 bits per heavy atom. The molecule has 0 amide bonds.